The number of halogens is 1. The number of aromatic nitrogens is 2. The van der Waals surface area contributed by atoms with E-state index in [0.29, 0.717) is 71.7 Å². The summed E-state index contributed by atoms with van der Waals surface area (Å²) < 4.78 is 26.4. The summed E-state index contributed by atoms with van der Waals surface area (Å²) in [6.07, 6.45) is 1.40. The molecule has 34 heavy (non-hydrogen) atoms. The lowest BCUT2D eigenvalue weighted by atomic mass is 10.0. The second-order valence-corrected chi connectivity index (χ2v) is 10.4. The quantitative estimate of drug-likeness (QED) is 0.221. The Balaban J connectivity index is 1.25. The second kappa shape index (κ2) is 10.1. The number of ether oxygens (including phenoxy) is 2. The van der Waals surface area contributed by atoms with E-state index in [2.05, 4.69) is 4.98 Å². The smallest absolute Gasteiger partial charge is 0.266 e. The number of fused-ring (bicyclic) bond motifs is 1. The first-order chi connectivity index (χ1) is 16.5. The number of benzene rings is 2. The SMILES string of the molecule is O=C(CSCSc1nc2ccccc2c(=O)n1-c1ccc(F)cc1)N1CCC2(CC1)OCCO2. The third-order valence-corrected chi connectivity index (χ3v) is 8.14. The molecule has 7 nitrogen and oxygen atoms in total. The van der Waals surface area contributed by atoms with Crippen molar-refractivity contribution in [2.75, 3.05) is 37.1 Å². The Kier molecular flexibility index (Phi) is 6.91. The summed E-state index contributed by atoms with van der Waals surface area (Å²) in [5, 5.41) is 1.55. The molecule has 1 aromatic heterocycles. The predicted octanol–water partition coefficient (Wildman–Crippen LogP) is 3.67. The Morgan fingerprint density at radius 3 is 2.50 bits per heavy atom. The molecule has 0 atom stereocenters. The lowest BCUT2D eigenvalue weighted by Crippen LogP contribution is -2.47. The zero-order chi connectivity index (χ0) is 23.5. The molecule has 0 unspecified atom stereocenters. The fraction of sp³-hybridized carbons (Fsp3) is 0.375. The molecule has 10 heteroatoms. The number of nitrogens with zero attached hydrogens (tertiary/aromatic N) is 3. The normalized spacial score (nSPS) is 17.5. The lowest BCUT2D eigenvalue weighted by Gasteiger charge is -2.37. The molecule has 2 fully saturated rings. The maximum atomic E-state index is 13.5. The molecule has 0 N–H and O–H groups in total. The number of hydrogen-bond acceptors (Lipinski definition) is 7. The van der Waals surface area contributed by atoms with E-state index in [0.717, 1.165) is 0 Å². The van der Waals surface area contributed by atoms with Crippen LogP contribution in [0.1, 0.15) is 12.8 Å². The standard InChI is InChI=1S/C24H24FN3O4S2/c25-17-5-7-18(8-6-17)28-22(30)19-3-1-2-4-20(19)26-23(28)34-16-33-15-21(29)27-11-9-24(10-12-27)31-13-14-32-24/h1-8H,9-16H2. The molecule has 5 rings (SSSR count). The van der Waals surface area contributed by atoms with Crippen LogP contribution in [0.25, 0.3) is 16.6 Å². The molecule has 2 aliphatic rings. The van der Waals surface area contributed by atoms with Crippen molar-refractivity contribution in [1.82, 2.24) is 14.5 Å². The van der Waals surface area contributed by atoms with Crippen LogP contribution in [0.4, 0.5) is 4.39 Å². The van der Waals surface area contributed by atoms with Crippen molar-refractivity contribution >= 4 is 40.3 Å². The zero-order valence-electron chi connectivity index (χ0n) is 18.4. The third kappa shape index (κ3) is 4.86. The zero-order valence-corrected chi connectivity index (χ0v) is 20.1. The molecule has 0 radical (unpaired) electrons. The van der Waals surface area contributed by atoms with Crippen molar-refractivity contribution in [3.8, 4) is 5.69 Å². The van der Waals surface area contributed by atoms with Crippen molar-refractivity contribution in [1.29, 1.82) is 0 Å². The van der Waals surface area contributed by atoms with E-state index in [4.69, 9.17) is 9.47 Å². The number of thioether (sulfide) groups is 2. The third-order valence-electron chi connectivity index (χ3n) is 6.02. The minimum atomic E-state index is -0.495. The number of rotatable bonds is 6. The molecule has 0 saturated carbocycles. The molecule has 0 aliphatic carbocycles. The van der Waals surface area contributed by atoms with Crippen LogP contribution < -0.4 is 5.56 Å². The Bertz CT molecular complexity index is 1240. The number of amides is 1. The van der Waals surface area contributed by atoms with Gasteiger partial charge in [0.15, 0.2) is 10.9 Å². The van der Waals surface area contributed by atoms with E-state index >= 15 is 0 Å². The molecule has 178 valence electrons. The lowest BCUT2D eigenvalue weighted by molar-refractivity contribution is -0.186. The van der Waals surface area contributed by atoms with E-state index in [1.54, 1.807) is 30.3 Å². The van der Waals surface area contributed by atoms with Gasteiger partial charge in [-0.3, -0.25) is 14.2 Å². The molecule has 0 bridgehead atoms. The van der Waals surface area contributed by atoms with Gasteiger partial charge in [0.05, 0.1) is 35.6 Å². The highest BCUT2D eigenvalue weighted by Gasteiger charge is 2.40. The number of likely N-dealkylation sites (tertiary alicyclic amines) is 1. The Morgan fingerprint density at radius 2 is 1.76 bits per heavy atom. The number of carbonyl (C=O) groups excluding carboxylic acids is 1. The summed E-state index contributed by atoms with van der Waals surface area (Å²) in [4.78, 5) is 32.4. The predicted molar refractivity (Wildman–Crippen MR) is 131 cm³/mol. The van der Waals surface area contributed by atoms with Gasteiger partial charge < -0.3 is 14.4 Å². The van der Waals surface area contributed by atoms with Gasteiger partial charge in [-0.1, -0.05) is 23.9 Å². The van der Waals surface area contributed by atoms with Gasteiger partial charge in [0.1, 0.15) is 5.82 Å². The second-order valence-electron chi connectivity index (χ2n) is 8.13. The van der Waals surface area contributed by atoms with Crippen LogP contribution in [0.3, 0.4) is 0 Å². The van der Waals surface area contributed by atoms with Crippen LogP contribution in [0.2, 0.25) is 0 Å². The van der Waals surface area contributed by atoms with Crippen molar-refractivity contribution < 1.29 is 18.7 Å². The van der Waals surface area contributed by atoms with Crippen LogP contribution in [0, 0.1) is 5.82 Å². The van der Waals surface area contributed by atoms with Crippen molar-refractivity contribution in [3.63, 3.8) is 0 Å². The highest BCUT2D eigenvalue weighted by atomic mass is 32.2. The number of carbonyl (C=O) groups is 1. The van der Waals surface area contributed by atoms with Crippen molar-refractivity contribution in [2.45, 2.75) is 23.8 Å². The van der Waals surface area contributed by atoms with Gasteiger partial charge in [-0.25, -0.2) is 9.37 Å². The van der Waals surface area contributed by atoms with Gasteiger partial charge in [0.2, 0.25) is 5.91 Å². The molecular formula is C24H24FN3O4S2. The van der Waals surface area contributed by atoms with E-state index in [9.17, 15) is 14.0 Å². The highest BCUT2D eigenvalue weighted by Crippen LogP contribution is 2.31. The topological polar surface area (TPSA) is 73.7 Å². The van der Waals surface area contributed by atoms with Gasteiger partial charge in [-0.05, 0) is 36.4 Å². The molecule has 3 heterocycles. The molecule has 1 amide bonds. The average Bonchev–Trinajstić information content (AvgIpc) is 3.31. The fourth-order valence-electron chi connectivity index (χ4n) is 4.22. The monoisotopic (exact) mass is 501 g/mol. The van der Waals surface area contributed by atoms with Crippen LogP contribution in [0.5, 0.6) is 0 Å². The van der Waals surface area contributed by atoms with Gasteiger partial charge in [-0.15, -0.1) is 11.8 Å². The van der Waals surface area contributed by atoms with Crippen LogP contribution in [-0.4, -0.2) is 63.3 Å². The number of para-hydroxylation sites is 1. The minimum absolute atomic E-state index is 0.0841. The first-order valence-electron chi connectivity index (χ1n) is 11.1. The van der Waals surface area contributed by atoms with Crippen molar-refractivity contribution in [2.24, 2.45) is 0 Å². The summed E-state index contributed by atoms with van der Waals surface area (Å²) in [5.41, 5.74) is 0.944. The number of piperidine rings is 1. The summed E-state index contributed by atoms with van der Waals surface area (Å²) in [6.45, 7) is 2.49. The van der Waals surface area contributed by atoms with Gasteiger partial charge >= 0.3 is 0 Å². The molecule has 1 spiro atoms. The fourth-order valence-corrected chi connectivity index (χ4v) is 6.15. The molecule has 2 aromatic carbocycles. The summed E-state index contributed by atoms with van der Waals surface area (Å²) in [6, 6.07) is 12.9. The van der Waals surface area contributed by atoms with Gasteiger partial charge in [-0.2, -0.15) is 0 Å². The van der Waals surface area contributed by atoms with E-state index < -0.39 is 5.79 Å². The summed E-state index contributed by atoms with van der Waals surface area (Å²) in [5.74, 6) is -0.439. The Labute approximate surface area is 204 Å². The maximum Gasteiger partial charge on any atom is 0.266 e. The van der Waals surface area contributed by atoms with E-state index in [1.807, 2.05) is 11.0 Å². The average molecular weight is 502 g/mol. The summed E-state index contributed by atoms with van der Waals surface area (Å²) in [7, 11) is 0. The number of hydrogen-bond donors (Lipinski definition) is 0. The van der Waals surface area contributed by atoms with Crippen molar-refractivity contribution in [3.05, 3.63) is 64.7 Å². The molecular weight excluding hydrogens is 477 g/mol. The van der Waals surface area contributed by atoms with E-state index in [1.165, 1.54) is 40.2 Å². The van der Waals surface area contributed by atoms with Crippen LogP contribution in [-0.2, 0) is 14.3 Å². The Morgan fingerprint density at radius 1 is 1.06 bits per heavy atom. The summed E-state index contributed by atoms with van der Waals surface area (Å²) >= 11 is 2.87. The van der Waals surface area contributed by atoms with E-state index in [-0.39, 0.29) is 17.3 Å². The van der Waals surface area contributed by atoms with Crippen LogP contribution >= 0.6 is 23.5 Å². The largest absolute Gasteiger partial charge is 0.347 e. The Hall–Kier alpha value is -2.40. The minimum Gasteiger partial charge on any atom is -0.347 e. The highest BCUT2D eigenvalue weighted by molar-refractivity contribution is 8.16. The van der Waals surface area contributed by atoms with Gasteiger partial charge in [0, 0.05) is 31.0 Å². The first kappa shape index (κ1) is 23.3. The molecule has 3 aromatic rings. The maximum absolute atomic E-state index is 13.5. The van der Waals surface area contributed by atoms with Gasteiger partial charge in [0.25, 0.3) is 5.56 Å². The molecule has 2 saturated heterocycles. The molecule has 2 aliphatic heterocycles. The van der Waals surface area contributed by atoms with Crippen LogP contribution in [0.15, 0.2) is 58.5 Å². The first-order valence-corrected chi connectivity index (χ1v) is 13.2.